The number of piperazine rings is 1. The van der Waals surface area contributed by atoms with Crippen LogP contribution in [0.1, 0.15) is 30.1 Å². The van der Waals surface area contributed by atoms with E-state index in [1.54, 1.807) is 11.0 Å². The summed E-state index contributed by atoms with van der Waals surface area (Å²) in [5.41, 5.74) is -0.698. The van der Waals surface area contributed by atoms with Gasteiger partial charge in [-0.15, -0.1) is 0 Å². The maximum Gasteiger partial charge on any atom is 0.261 e. The Bertz CT molecular complexity index is 1050. The molecule has 6 nitrogen and oxygen atoms in total. The third-order valence-corrected chi connectivity index (χ3v) is 5.60. The van der Waals surface area contributed by atoms with Crippen molar-refractivity contribution in [2.45, 2.75) is 19.8 Å². The average Bonchev–Trinajstić information content (AvgIpc) is 2.79. The number of amides is 2. The molecule has 0 bridgehead atoms. The number of carbonyl (C=O) groups excluding carboxylic acids is 2. The van der Waals surface area contributed by atoms with Gasteiger partial charge in [0.2, 0.25) is 17.5 Å². The molecule has 0 saturated carbocycles. The Morgan fingerprint density at radius 3 is 2.15 bits per heavy atom. The summed E-state index contributed by atoms with van der Waals surface area (Å²) in [6.07, 6.45) is 1.28. The summed E-state index contributed by atoms with van der Waals surface area (Å²) in [5, 5.41) is 2.43. The molecular formula is C22H22ClF4N3O3. The molecule has 0 radical (unpaired) electrons. The molecule has 2 aromatic rings. The van der Waals surface area contributed by atoms with E-state index in [2.05, 4.69) is 10.1 Å². The lowest BCUT2D eigenvalue weighted by atomic mass is 10.1. The van der Waals surface area contributed by atoms with Gasteiger partial charge < -0.3 is 19.9 Å². The molecule has 11 heteroatoms. The molecule has 2 amide bonds. The fraction of sp³-hybridized carbons (Fsp3) is 0.364. The van der Waals surface area contributed by atoms with Gasteiger partial charge in [-0.25, -0.2) is 8.78 Å². The fourth-order valence-electron chi connectivity index (χ4n) is 3.59. The van der Waals surface area contributed by atoms with E-state index in [9.17, 15) is 27.2 Å². The zero-order valence-electron chi connectivity index (χ0n) is 18.0. The SMILES string of the molecule is CCCC(=O)N1CCN(c2ccc(NC(=O)c3c(F)c(F)c(OC)c(F)c3F)cc2Cl)CC1. The van der Waals surface area contributed by atoms with Gasteiger partial charge >= 0.3 is 0 Å². The Labute approximate surface area is 193 Å². The van der Waals surface area contributed by atoms with Gasteiger partial charge in [0, 0.05) is 38.3 Å². The van der Waals surface area contributed by atoms with Crippen LogP contribution >= 0.6 is 11.6 Å². The molecular weight excluding hydrogens is 466 g/mol. The summed E-state index contributed by atoms with van der Waals surface area (Å²) in [5.74, 6) is -9.92. The maximum absolute atomic E-state index is 14.2. The van der Waals surface area contributed by atoms with Crippen molar-refractivity contribution in [1.29, 1.82) is 0 Å². The van der Waals surface area contributed by atoms with E-state index >= 15 is 0 Å². The van der Waals surface area contributed by atoms with Gasteiger partial charge in [-0.1, -0.05) is 18.5 Å². The van der Waals surface area contributed by atoms with Gasteiger partial charge in [0.1, 0.15) is 5.56 Å². The van der Waals surface area contributed by atoms with Crippen molar-refractivity contribution in [3.8, 4) is 5.75 Å². The van der Waals surface area contributed by atoms with Gasteiger partial charge in [-0.3, -0.25) is 9.59 Å². The number of nitrogens with one attached hydrogen (secondary N) is 1. The minimum absolute atomic E-state index is 0.0703. The normalized spacial score (nSPS) is 13.8. The predicted molar refractivity (Wildman–Crippen MR) is 116 cm³/mol. The van der Waals surface area contributed by atoms with Gasteiger partial charge in [0.05, 0.1) is 17.8 Å². The molecule has 2 aromatic carbocycles. The van der Waals surface area contributed by atoms with Crippen LogP contribution in [0.15, 0.2) is 18.2 Å². The van der Waals surface area contributed by atoms with E-state index in [0.717, 1.165) is 13.5 Å². The second-order valence-electron chi connectivity index (χ2n) is 7.40. The highest BCUT2D eigenvalue weighted by Gasteiger charge is 2.30. The van der Waals surface area contributed by atoms with Crippen molar-refractivity contribution in [3.05, 3.63) is 52.1 Å². The number of hydrogen-bond donors (Lipinski definition) is 1. The van der Waals surface area contributed by atoms with Crippen molar-refractivity contribution >= 4 is 34.8 Å². The first-order valence-corrected chi connectivity index (χ1v) is 10.6. The van der Waals surface area contributed by atoms with E-state index in [1.807, 2.05) is 11.8 Å². The van der Waals surface area contributed by atoms with Crippen LogP contribution in [0.5, 0.6) is 5.75 Å². The Balaban J connectivity index is 1.74. The van der Waals surface area contributed by atoms with E-state index in [0.29, 0.717) is 38.3 Å². The lowest BCUT2D eigenvalue weighted by Gasteiger charge is -2.36. The molecule has 0 aromatic heterocycles. The third kappa shape index (κ3) is 5.00. The maximum atomic E-state index is 14.2. The second kappa shape index (κ2) is 10.3. The Morgan fingerprint density at radius 2 is 1.64 bits per heavy atom. The lowest BCUT2D eigenvalue weighted by Crippen LogP contribution is -2.48. The molecule has 1 aliphatic heterocycles. The predicted octanol–water partition coefficient (Wildman–Crippen LogP) is 4.61. The number of benzene rings is 2. The summed E-state index contributed by atoms with van der Waals surface area (Å²) in [7, 11) is 0.840. The highest BCUT2D eigenvalue weighted by Crippen LogP contribution is 2.32. The first-order valence-electron chi connectivity index (χ1n) is 10.2. The molecule has 1 heterocycles. The smallest absolute Gasteiger partial charge is 0.261 e. The molecule has 33 heavy (non-hydrogen) atoms. The largest absolute Gasteiger partial charge is 0.491 e. The summed E-state index contributed by atoms with van der Waals surface area (Å²) in [6.45, 7) is 4.14. The number of methoxy groups -OCH3 is 1. The first kappa shape index (κ1) is 24.6. The van der Waals surface area contributed by atoms with Crippen molar-refractivity contribution < 1.29 is 31.9 Å². The van der Waals surface area contributed by atoms with Crippen LogP contribution in [0.3, 0.4) is 0 Å². The number of halogens is 5. The number of hydrogen-bond acceptors (Lipinski definition) is 4. The van der Waals surface area contributed by atoms with Gasteiger partial charge in [0.25, 0.3) is 5.91 Å². The van der Waals surface area contributed by atoms with E-state index in [1.165, 1.54) is 12.1 Å². The Hall–Kier alpha value is -3.01. The van der Waals surface area contributed by atoms with Gasteiger partial charge in [0.15, 0.2) is 17.4 Å². The summed E-state index contributed by atoms with van der Waals surface area (Å²) in [6, 6.07) is 4.40. The molecule has 0 atom stereocenters. The quantitative estimate of drug-likeness (QED) is 0.477. The number of anilines is 2. The molecule has 1 saturated heterocycles. The van der Waals surface area contributed by atoms with Crippen LogP contribution in [-0.4, -0.2) is 50.0 Å². The standard InChI is InChI=1S/C22H22ClF4N3O3/c1-3-4-15(31)30-9-7-29(8-10-30)14-6-5-12(11-13(14)23)28-22(32)16-17(24)19(26)21(33-2)20(27)18(16)25/h5-6,11H,3-4,7-10H2,1-2H3,(H,28,32). The highest BCUT2D eigenvalue weighted by atomic mass is 35.5. The van der Waals surface area contributed by atoms with Crippen molar-refractivity contribution in [1.82, 2.24) is 4.90 Å². The number of rotatable bonds is 6. The minimum atomic E-state index is -1.87. The molecule has 1 aliphatic rings. The zero-order valence-corrected chi connectivity index (χ0v) is 18.7. The van der Waals surface area contributed by atoms with Crippen LogP contribution in [-0.2, 0) is 4.79 Å². The highest BCUT2D eigenvalue weighted by molar-refractivity contribution is 6.33. The van der Waals surface area contributed by atoms with Gasteiger partial charge in [-0.2, -0.15) is 8.78 Å². The Morgan fingerprint density at radius 1 is 1.03 bits per heavy atom. The number of nitrogens with zero attached hydrogens (tertiary/aromatic N) is 2. The lowest BCUT2D eigenvalue weighted by molar-refractivity contribution is -0.131. The average molecular weight is 488 g/mol. The minimum Gasteiger partial charge on any atom is -0.491 e. The molecule has 178 valence electrons. The van der Waals surface area contributed by atoms with E-state index < -0.39 is 40.5 Å². The van der Waals surface area contributed by atoms with Crippen molar-refractivity contribution in [2.24, 2.45) is 0 Å². The molecule has 1 fully saturated rings. The summed E-state index contributed by atoms with van der Waals surface area (Å²) in [4.78, 5) is 28.1. The molecule has 0 spiro atoms. The van der Waals surface area contributed by atoms with Crippen molar-refractivity contribution in [3.63, 3.8) is 0 Å². The molecule has 3 rings (SSSR count). The second-order valence-corrected chi connectivity index (χ2v) is 7.81. The third-order valence-electron chi connectivity index (χ3n) is 5.30. The number of carbonyl (C=O) groups is 2. The molecule has 0 aliphatic carbocycles. The topological polar surface area (TPSA) is 61.9 Å². The first-order chi connectivity index (χ1) is 15.7. The van der Waals surface area contributed by atoms with Crippen LogP contribution in [0, 0.1) is 23.3 Å². The summed E-state index contributed by atoms with van der Waals surface area (Å²) >= 11 is 6.34. The monoisotopic (exact) mass is 487 g/mol. The summed E-state index contributed by atoms with van der Waals surface area (Å²) < 4.78 is 60.5. The molecule has 1 N–H and O–H groups in total. The van der Waals surface area contributed by atoms with Crippen molar-refractivity contribution in [2.75, 3.05) is 43.5 Å². The fourth-order valence-corrected chi connectivity index (χ4v) is 3.89. The Kier molecular flexibility index (Phi) is 7.68. The van der Waals surface area contributed by atoms with Crippen LogP contribution in [0.25, 0.3) is 0 Å². The van der Waals surface area contributed by atoms with Gasteiger partial charge in [-0.05, 0) is 24.6 Å². The van der Waals surface area contributed by atoms with Crippen LogP contribution in [0.4, 0.5) is 28.9 Å². The van der Waals surface area contributed by atoms with E-state index in [-0.39, 0.29) is 16.6 Å². The number of ether oxygens (including phenoxy) is 1. The zero-order chi connectivity index (χ0) is 24.3. The van der Waals surface area contributed by atoms with E-state index in [4.69, 9.17) is 11.6 Å². The molecule has 0 unspecified atom stereocenters. The van der Waals surface area contributed by atoms with Crippen LogP contribution < -0.4 is 15.0 Å². The van der Waals surface area contributed by atoms with Crippen LogP contribution in [0.2, 0.25) is 5.02 Å².